The fourth-order valence-electron chi connectivity index (χ4n) is 1.85. The van der Waals surface area contributed by atoms with Gasteiger partial charge in [0, 0.05) is 17.8 Å². The first-order chi connectivity index (χ1) is 6.70. The van der Waals surface area contributed by atoms with Gasteiger partial charge in [0.2, 0.25) is 0 Å². The highest BCUT2D eigenvalue weighted by atomic mass is 19.1. The highest BCUT2D eigenvalue weighted by Crippen LogP contribution is 2.41. The molecule has 14 heavy (non-hydrogen) atoms. The molecule has 2 atom stereocenters. The largest absolute Gasteiger partial charge is 0.324 e. The van der Waals surface area contributed by atoms with Crippen molar-refractivity contribution in [1.29, 1.82) is 0 Å². The van der Waals surface area contributed by atoms with Crippen molar-refractivity contribution < 1.29 is 4.39 Å². The Labute approximate surface area is 83.3 Å². The van der Waals surface area contributed by atoms with Crippen LogP contribution in [0, 0.1) is 17.7 Å². The minimum absolute atomic E-state index is 0.189. The van der Waals surface area contributed by atoms with Crippen LogP contribution >= 0.6 is 0 Å². The van der Waals surface area contributed by atoms with Crippen LogP contribution in [0.4, 0.5) is 4.39 Å². The lowest BCUT2D eigenvalue weighted by atomic mass is 9.92. The van der Waals surface area contributed by atoms with Gasteiger partial charge in [0.25, 0.3) is 0 Å². The summed E-state index contributed by atoms with van der Waals surface area (Å²) in [6.45, 7) is 2.10. The fourth-order valence-corrected chi connectivity index (χ4v) is 1.85. The normalized spacial score (nSPS) is 20.5. The van der Waals surface area contributed by atoms with Gasteiger partial charge < -0.3 is 5.73 Å². The molecule has 1 fully saturated rings. The summed E-state index contributed by atoms with van der Waals surface area (Å²) in [6, 6.07) is 1.49. The molecule has 1 saturated carbocycles. The average Bonchev–Trinajstić information content (AvgIpc) is 3.00. The van der Waals surface area contributed by atoms with Crippen LogP contribution in [0.15, 0.2) is 18.5 Å². The number of rotatable bonds is 3. The molecule has 1 aromatic heterocycles. The van der Waals surface area contributed by atoms with Gasteiger partial charge in [0.05, 0.1) is 6.20 Å². The van der Waals surface area contributed by atoms with Crippen molar-refractivity contribution in [3.05, 3.63) is 29.8 Å². The Morgan fingerprint density at radius 1 is 1.57 bits per heavy atom. The predicted molar refractivity (Wildman–Crippen MR) is 53.0 cm³/mol. The summed E-state index contributed by atoms with van der Waals surface area (Å²) in [7, 11) is 0. The second kappa shape index (κ2) is 3.65. The van der Waals surface area contributed by atoms with Gasteiger partial charge in [0.1, 0.15) is 5.82 Å². The molecule has 0 saturated heterocycles. The van der Waals surface area contributed by atoms with E-state index in [1.807, 2.05) is 0 Å². The Hall–Kier alpha value is -0.960. The summed E-state index contributed by atoms with van der Waals surface area (Å²) in [6.07, 6.45) is 5.30. The maximum atomic E-state index is 13.3. The van der Waals surface area contributed by atoms with Crippen molar-refractivity contribution in [3.63, 3.8) is 0 Å². The number of nitrogens with two attached hydrogens (primary N) is 1. The van der Waals surface area contributed by atoms with E-state index >= 15 is 0 Å². The van der Waals surface area contributed by atoms with Crippen LogP contribution in [0.3, 0.4) is 0 Å². The molecule has 0 spiro atoms. The highest BCUT2D eigenvalue weighted by Gasteiger charge is 2.33. The van der Waals surface area contributed by atoms with E-state index in [0.717, 1.165) is 0 Å². The predicted octanol–water partition coefficient (Wildman–Crippen LogP) is 2.27. The van der Waals surface area contributed by atoms with Crippen molar-refractivity contribution >= 4 is 0 Å². The van der Waals surface area contributed by atoms with E-state index in [-0.39, 0.29) is 11.9 Å². The van der Waals surface area contributed by atoms with Crippen LogP contribution in [0.1, 0.15) is 31.4 Å². The Bertz CT molecular complexity index is 323. The van der Waals surface area contributed by atoms with Crippen molar-refractivity contribution in [2.45, 2.75) is 25.8 Å². The zero-order chi connectivity index (χ0) is 10.1. The molecule has 0 aliphatic heterocycles. The van der Waals surface area contributed by atoms with Crippen LogP contribution in [0.2, 0.25) is 0 Å². The molecule has 0 aromatic carbocycles. The summed E-state index contributed by atoms with van der Waals surface area (Å²) in [5.41, 5.74) is 6.61. The van der Waals surface area contributed by atoms with Crippen molar-refractivity contribution in [2.75, 3.05) is 0 Å². The maximum absolute atomic E-state index is 13.3. The molecule has 1 aliphatic carbocycles. The number of pyridine rings is 1. The lowest BCUT2D eigenvalue weighted by Gasteiger charge is -2.19. The molecular formula is C11H15FN2. The molecule has 2 unspecified atom stereocenters. The first-order valence-corrected chi connectivity index (χ1v) is 5.05. The molecule has 1 heterocycles. The number of halogens is 1. The molecule has 0 radical (unpaired) electrons. The Morgan fingerprint density at radius 3 is 2.86 bits per heavy atom. The monoisotopic (exact) mass is 194 g/mol. The summed E-state index contributed by atoms with van der Waals surface area (Å²) in [5, 5.41) is 0. The standard InChI is InChI=1S/C11H15FN2/c1-7(8-2-3-8)11(13)9-4-5-14-6-10(9)12/h4-8,11H,2-3,13H2,1H3. The van der Waals surface area contributed by atoms with Gasteiger partial charge in [-0.25, -0.2) is 4.39 Å². The van der Waals surface area contributed by atoms with E-state index in [1.165, 1.54) is 19.0 Å². The minimum Gasteiger partial charge on any atom is -0.324 e. The molecule has 76 valence electrons. The summed E-state index contributed by atoms with van der Waals surface area (Å²) < 4.78 is 13.3. The summed E-state index contributed by atoms with van der Waals surface area (Å²) in [5.74, 6) is 0.775. The highest BCUT2D eigenvalue weighted by molar-refractivity contribution is 5.18. The van der Waals surface area contributed by atoms with E-state index in [9.17, 15) is 4.39 Å². The van der Waals surface area contributed by atoms with Gasteiger partial charge in [-0.15, -0.1) is 0 Å². The Balaban J connectivity index is 2.17. The van der Waals surface area contributed by atoms with Gasteiger partial charge in [-0.3, -0.25) is 4.98 Å². The van der Waals surface area contributed by atoms with Crippen LogP contribution < -0.4 is 5.73 Å². The maximum Gasteiger partial charge on any atom is 0.146 e. The first-order valence-electron chi connectivity index (χ1n) is 5.05. The fraction of sp³-hybridized carbons (Fsp3) is 0.545. The van der Waals surface area contributed by atoms with E-state index in [4.69, 9.17) is 5.73 Å². The van der Waals surface area contributed by atoms with Gasteiger partial charge in [-0.2, -0.15) is 0 Å². The molecule has 2 rings (SSSR count). The van der Waals surface area contributed by atoms with Crippen LogP contribution in [-0.4, -0.2) is 4.98 Å². The molecule has 1 aromatic rings. The zero-order valence-corrected chi connectivity index (χ0v) is 8.28. The number of nitrogens with zero attached hydrogens (tertiary/aromatic N) is 1. The van der Waals surface area contributed by atoms with Gasteiger partial charge in [-0.05, 0) is 30.7 Å². The molecule has 2 N–H and O–H groups in total. The Kier molecular flexibility index (Phi) is 2.50. The van der Waals surface area contributed by atoms with Crippen LogP contribution in [-0.2, 0) is 0 Å². The number of hydrogen-bond acceptors (Lipinski definition) is 2. The average molecular weight is 194 g/mol. The molecule has 3 heteroatoms. The second-order valence-corrected chi connectivity index (χ2v) is 4.12. The number of hydrogen-bond donors (Lipinski definition) is 1. The summed E-state index contributed by atoms with van der Waals surface area (Å²) >= 11 is 0. The lowest BCUT2D eigenvalue weighted by Crippen LogP contribution is -2.21. The zero-order valence-electron chi connectivity index (χ0n) is 8.28. The van der Waals surface area contributed by atoms with Gasteiger partial charge in [-0.1, -0.05) is 6.92 Å². The van der Waals surface area contributed by atoms with E-state index in [0.29, 0.717) is 17.4 Å². The van der Waals surface area contributed by atoms with Crippen LogP contribution in [0.25, 0.3) is 0 Å². The van der Waals surface area contributed by atoms with Gasteiger partial charge in [0.15, 0.2) is 0 Å². The first kappa shape index (κ1) is 9.59. The van der Waals surface area contributed by atoms with Crippen molar-refractivity contribution in [1.82, 2.24) is 4.98 Å². The molecule has 1 aliphatic rings. The molecule has 0 amide bonds. The second-order valence-electron chi connectivity index (χ2n) is 4.12. The molecule has 2 nitrogen and oxygen atoms in total. The van der Waals surface area contributed by atoms with E-state index in [2.05, 4.69) is 11.9 Å². The summed E-state index contributed by atoms with van der Waals surface area (Å²) in [4.78, 5) is 3.72. The van der Waals surface area contributed by atoms with Crippen LogP contribution in [0.5, 0.6) is 0 Å². The Morgan fingerprint density at radius 2 is 2.29 bits per heavy atom. The molecule has 0 bridgehead atoms. The molecular weight excluding hydrogens is 179 g/mol. The topological polar surface area (TPSA) is 38.9 Å². The van der Waals surface area contributed by atoms with E-state index in [1.54, 1.807) is 12.3 Å². The third-order valence-electron chi connectivity index (χ3n) is 3.09. The SMILES string of the molecule is CC(C1CC1)C(N)c1ccncc1F. The van der Waals surface area contributed by atoms with Crippen molar-refractivity contribution in [2.24, 2.45) is 17.6 Å². The third kappa shape index (κ3) is 1.77. The quantitative estimate of drug-likeness (QED) is 0.801. The lowest BCUT2D eigenvalue weighted by molar-refractivity contribution is 0.404. The minimum atomic E-state index is -0.285. The third-order valence-corrected chi connectivity index (χ3v) is 3.09. The number of aromatic nitrogens is 1. The van der Waals surface area contributed by atoms with E-state index < -0.39 is 0 Å². The smallest absolute Gasteiger partial charge is 0.146 e. The van der Waals surface area contributed by atoms with Gasteiger partial charge >= 0.3 is 0 Å². The van der Waals surface area contributed by atoms with Crippen molar-refractivity contribution in [3.8, 4) is 0 Å².